The van der Waals surface area contributed by atoms with Gasteiger partial charge in [-0.2, -0.15) is 0 Å². The van der Waals surface area contributed by atoms with Gasteiger partial charge in [0.25, 0.3) is 0 Å². The Bertz CT molecular complexity index is 819. The summed E-state index contributed by atoms with van der Waals surface area (Å²) in [5, 5.41) is 0. The van der Waals surface area contributed by atoms with Crippen molar-refractivity contribution in [2.24, 2.45) is 0 Å². The Labute approximate surface area is 180 Å². The average molecular weight is 411 g/mol. The van der Waals surface area contributed by atoms with Crippen molar-refractivity contribution < 1.29 is 14.3 Å². The lowest BCUT2D eigenvalue weighted by Gasteiger charge is -2.36. The number of nitrogens with zero attached hydrogens (tertiary/aromatic N) is 2. The first kappa shape index (κ1) is 22.0. The summed E-state index contributed by atoms with van der Waals surface area (Å²) >= 11 is 0. The van der Waals surface area contributed by atoms with Crippen molar-refractivity contribution >= 4 is 11.6 Å². The number of rotatable bonds is 7. The molecule has 0 radical (unpaired) electrons. The Morgan fingerprint density at radius 2 is 1.60 bits per heavy atom. The number of amides is 1. The van der Waals surface area contributed by atoms with E-state index in [1.54, 1.807) is 0 Å². The number of hydrogen-bond acceptors (Lipinski definition) is 4. The van der Waals surface area contributed by atoms with Crippen LogP contribution in [0.2, 0.25) is 0 Å². The van der Waals surface area contributed by atoms with Crippen molar-refractivity contribution in [3.8, 4) is 11.5 Å². The van der Waals surface area contributed by atoms with E-state index in [2.05, 4.69) is 43.9 Å². The summed E-state index contributed by atoms with van der Waals surface area (Å²) in [6.07, 6.45) is 0.399. The summed E-state index contributed by atoms with van der Waals surface area (Å²) in [5.41, 5.74) is 2.50. The quantitative estimate of drug-likeness (QED) is 0.674. The summed E-state index contributed by atoms with van der Waals surface area (Å²) in [4.78, 5) is 16.8. The summed E-state index contributed by atoms with van der Waals surface area (Å²) < 4.78 is 11.5. The molecule has 0 saturated carbocycles. The van der Waals surface area contributed by atoms with Gasteiger partial charge in [-0.15, -0.1) is 0 Å². The molecule has 1 aliphatic rings. The third-order valence-corrected chi connectivity index (χ3v) is 5.44. The smallest absolute Gasteiger partial charge is 0.226 e. The van der Waals surface area contributed by atoms with Crippen molar-refractivity contribution in [3.05, 3.63) is 54.1 Å². The molecule has 1 amide bonds. The molecule has 5 nitrogen and oxygen atoms in total. The molecule has 0 N–H and O–H groups in total. The Balaban J connectivity index is 1.45. The molecule has 2 aromatic carbocycles. The third kappa shape index (κ3) is 5.68. The number of carbonyl (C=O) groups is 1. The van der Waals surface area contributed by atoms with Crippen LogP contribution in [0.15, 0.2) is 48.5 Å². The van der Waals surface area contributed by atoms with E-state index in [4.69, 9.17) is 9.47 Å². The Hall–Kier alpha value is -2.69. The normalized spacial score (nSPS) is 14.5. The Morgan fingerprint density at radius 3 is 2.23 bits per heavy atom. The molecule has 0 aliphatic carbocycles. The second kappa shape index (κ2) is 9.88. The molecule has 1 saturated heterocycles. The molecule has 0 spiro atoms. The first-order valence-corrected chi connectivity index (χ1v) is 10.9. The van der Waals surface area contributed by atoms with Crippen molar-refractivity contribution in [2.75, 3.05) is 44.3 Å². The van der Waals surface area contributed by atoms with Gasteiger partial charge in [-0.25, -0.2) is 0 Å². The van der Waals surface area contributed by atoms with Gasteiger partial charge in [-0.3, -0.25) is 4.79 Å². The van der Waals surface area contributed by atoms with Crippen LogP contribution in [-0.2, 0) is 10.2 Å². The van der Waals surface area contributed by atoms with E-state index in [0.717, 1.165) is 43.4 Å². The highest BCUT2D eigenvalue weighted by molar-refractivity contribution is 5.76. The van der Waals surface area contributed by atoms with Gasteiger partial charge in [0.05, 0.1) is 25.3 Å². The number of ether oxygens (including phenoxy) is 2. The maximum atomic E-state index is 12.6. The predicted molar refractivity (Wildman–Crippen MR) is 122 cm³/mol. The van der Waals surface area contributed by atoms with Crippen molar-refractivity contribution in [2.45, 2.75) is 39.5 Å². The van der Waals surface area contributed by atoms with Gasteiger partial charge < -0.3 is 19.3 Å². The van der Waals surface area contributed by atoms with Gasteiger partial charge in [-0.1, -0.05) is 45.0 Å². The van der Waals surface area contributed by atoms with Crippen LogP contribution in [0.5, 0.6) is 11.5 Å². The molecule has 5 heteroatoms. The molecule has 3 rings (SSSR count). The molecule has 1 heterocycles. The minimum absolute atomic E-state index is 0.125. The molecule has 30 heavy (non-hydrogen) atoms. The second-order valence-corrected chi connectivity index (χ2v) is 8.64. The van der Waals surface area contributed by atoms with E-state index in [1.807, 2.05) is 42.2 Å². The minimum Gasteiger partial charge on any atom is -0.493 e. The van der Waals surface area contributed by atoms with E-state index in [1.165, 1.54) is 5.56 Å². The minimum atomic E-state index is 0.125. The molecular weight excluding hydrogens is 376 g/mol. The van der Waals surface area contributed by atoms with Gasteiger partial charge in [0.15, 0.2) is 0 Å². The zero-order valence-electron chi connectivity index (χ0n) is 18.7. The van der Waals surface area contributed by atoms with E-state index in [-0.39, 0.29) is 11.3 Å². The van der Waals surface area contributed by atoms with Crippen LogP contribution in [0.1, 0.15) is 39.7 Å². The fraction of sp³-hybridized carbons (Fsp3) is 0.480. The van der Waals surface area contributed by atoms with Gasteiger partial charge in [0.1, 0.15) is 11.5 Å². The van der Waals surface area contributed by atoms with Crippen LogP contribution in [0.4, 0.5) is 5.69 Å². The SMILES string of the molecule is CCOc1ccccc1N1CCN(C(=O)CCOc2ccc(C(C)(C)C)cc2)CC1. The van der Waals surface area contributed by atoms with Crippen molar-refractivity contribution in [1.29, 1.82) is 0 Å². The van der Waals surface area contributed by atoms with Crippen LogP contribution in [-0.4, -0.2) is 50.2 Å². The highest BCUT2D eigenvalue weighted by Crippen LogP contribution is 2.29. The topological polar surface area (TPSA) is 42.0 Å². The molecular formula is C25H34N2O3. The summed E-state index contributed by atoms with van der Waals surface area (Å²) in [5.74, 6) is 1.87. The van der Waals surface area contributed by atoms with Crippen molar-refractivity contribution in [1.82, 2.24) is 4.90 Å². The summed E-state index contributed by atoms with van der Waals surface area (Å²) in [7, 11) is 0. The largest absolute Gasteiger partial charge is 0.493 e. The number of hydrogen-bond donors (Lipinski definition) is 0. The average Bonchev–Trinajstić information content (AvgIpc) is 2.74. The first-order valence-electron chi connectivity index (χ1n) is 10.9. The van der Waals surface area contributed by atoms with Crippen LogP contribution < -0.4 is 14.4 Å². The van der Waals surface area contributed by atoms with E-state index < -0.39 is 0 Å². The van der Waals surface area contributed by atoms with Crippen molar-refractivity contribution in [3.63, 3.8) is 0 Å². The lowest BCUT2D eigenvalue weighted by Crippen LogP contribution is -2.49. The maximum absolute atomic E-state index is 12.6. The van der Waals surface area contributed by atoms with Gasteiger partial charge in [0.2, 0.25) is 5.91 Å². The molecule has 2 aromatic rings. The monoisotopic (exact) mass is 410 g/mol. The third-order valence-electron chi connectivity index (χ3n) is 5.44. The number of anilines is 1. The molecule has 1 aliphatic heterocycles. The van der Waals surface area contributed by atoms with Gasteiger partial charge in [-0.05, 0) is 42.2 Å². The lowest BCUT2D eigenvalue weighted by atomic mass is 9.87. The number of carbonyl (C=O) groups excluding carboxylic acids is 1. The Kier molecular flexibility index (Phi) is 7.24. The van der Waals surface area contributed by atoms with Gasteiger partial charge in [0, 0.05) is 26.2 Å². The van der Waals surface area contributed by atoms with Crippen LogP contribution in [0.3, 0.4) is 0 Å². The zero-order chi connectivity index (χ0) is 21.6. The van der Waals surface area contributed by atoms with E-state index in [9.17, 15) is 4.79 Å². The van der Waals surface area contributed by atoms with Crippen LogP contribution in [0.25, 0.3) is 0 Å². The molecule has 1 fully saturated rings. The van der Waals surface area contributed by atoms with Crippen LogP contribution >= 0.6 is 0 Å². The number of piperazine rings is 1. The summed E-state index contributed by atoms with van der Waals surface area (Å²) in [6.45, 7) is 12.7. The fourth-order valence-corrected chi connectivity index (χ4v) is 3.66. The first-order chi connectivity index (χ1) is 14.4. The Morgan fingerprint density at radius 1 is 0.933 bits per heavy atom. The maximum Gasteiger partial charge on any atom is 0.226 e. The fourth-order valence-electron chi connectivity index (χ4n) is 3.66. The van der Waals surface area contributed by atoms with E-state index >= 15 is 0 Å². The van der Waals surface area contributed by atoms with E-state index in [0.29, 0.717) is 19.6 Å². The predicted octanol–water partition coefficient (Wildman–Crippen LogP) is 4.50. The molecule has 0 bridgehead atoms. The molecule has 0 unspecified atom stereocenters. The molecule has 0 atom stereocenters. The van der Waals surface area contributed by atoms with Crippen LogP contribution in [0, 0.1) is 0 Å². The highest BCUT2D eigenvalue weighted by atomic mass is 16.5. The standard InChI is InChI=1S/C25H34N2O3/c1-5-29-23-9-7-6-8-22(23)26-15-17-27(18-16-26)24(28)14-19-30-21-12-10-20(11-13-21)25(2,3)4/h6-13H,5,14-19H2,1-4H3. The number of para-hydroxylation sites is 2. The highest BCUT2D eigenvalue weighted by Gasteiger charge is 2.22. The second-order valence-electron chi connectivity index (χ2n) is 8.64. The zero-order valence-corrected chi connectivity index (χ0v) is 18.7. The summed E-state index contributed by atoms with van der Waals surface area (Å²) in [6, 6.07) is 16.3. The van der Waals surface area contributed by atoms with Gasteiger partial charge >= 0.3 is 0 Å². The number of benzene rings is 2. The lowest BCUT2D eigenvalue weighted by molar-refractivity contribution is -0.132. The molecule has 0 aromatic heterocycles. The molecule has 162 valence electrons.